The van der Waals surface area contributed by atoms with Gasteiger partial charge in [0.15, 0.2) is 0 Å². The first-order valence-corrected chi connectivity index (χ1v) is 13.9. The summed E-state index contributed by atoms with van der Waals surface area (Å²) in [4.78, 5) is 0. The van der Waals surface area contributed by atoms with Crippen LogP contribution in [0.2, 0.25) is 20.1 Å². The van der Waals surface area contributed by atoms with Crippen molar-refractivity contribution in [1.82, 2.24) is 4.57 Å². The molecule has 0 aliphatic rings. The number of ether oxygens (including phenoxy) is 2. The number of aromatic nitrogens is 2. The zero-order chi connectivity index (χ0) is 27.8. The Kier molecular flexibility index (Phi) is 12.8. The number of hydrogen-bond donors (Lipinski definition) is 0. The molecule has 1 atom stereocenters. The SMILES string of the molecule is C=CCc1cc(F)ccc1OCCCn1cc[n+](CC(OCc2ccc(Cl)cc2Cl)c2ccc(Cl)cc2Cl)c1.[Br-]. The van der Waals surface area contributed by atoms with Gasteiger partial charge in [-0.1, -0.05) is 64.6 Å². The molecule has 3 aromatic carbocycles. The number of hydrogen-bond acceptors (Lipinski definition) is 2. The van der Waals surface area contributed by atoms with E-state index in [0.29, 0.717) is 45.4 Å². The Morgan fingerprint density at radius 3 is 2.42 bits per heavy atom. The fourth-order valence-electron chi connectivity index (χ4n) is 4.14. The van der Waals surface area contributed by atoms with Crippen molar-refractivity contribution < 1.29 is 35.4 Å². The van der Waals surface area contributed by atoms with E-state index in [2.05, 4.69) is 11.1 Å². The molecule has 0 amide bonds. The summed E-state index contributed by atoms with van der Waals surface area (Å²) >= 11 is 25.1. The van der Waals surface area contributed by atoms with Crippen molar-refractivity contribution in [2.75, 3.05) is 6.61 Å². The van der Waals surface area contributed by atoms with Gasteiger partial charge in [-0.3, -0.25) is 0 Å². The minimum atomic E-state index is -0.354. The second-order valence-corrected chi connectivity index (χ2v) is 10.7. The van der Waals surface area contributed by atoms with Crippen LogP contribution < -0.4 is 26.3 Å². The summed E-state index contributed by atoms with van der Waals surface area (Å²) in [7, 11) is 0. The average molecular weight is 689 g/mol. The Labute approximate surface area is 264 Å². The minimum absolute atomic E-state index is 0. The predicted molar refractivity (Wildman–Crippen MR) is 155 cm³/mol. The number of imidazole rings is 1. The summed E-state index contributed by atoms with van der Waals surface area (Å²) in [5.74, 6) is 0.397. The Bertz CT molecular complexity index is 1430. The second kappa shape index (κ2) is 15.8. The van der Waals surface area contributed by atoms with Crippen molar-refractivity contribution in [2.45, 2.75) is 38.6 Å². The first kappa shape index (κ1) is 32.5. The van der Waals surface area contributed by atoms with Crippen molar-refractivity contribution in [3.63, 3.8) is 0 Å². The molecule has 1 heterocycles. The fraction of sp³-hybridized carbons (Fsp3) is 0.233. The molecule has 10 heteroatoms. The number of nitrogens with zero attached hydrogens (tertiary/aromatic N) is 2. The van der Waals surface area contributed by atoms with Crippen LogP contribution in [-0.4, -0.2) is 11.2 Å². The third-order valence-corrected chi connectivity index (χ3v) is 7.24. The van der Waals surface area contributed by atoms with E-state index in [-0.39, 0.29) is 35.5 Å². The Balaban J connectivity index is 0.00000441. The molecule has 1 aromatic heterocycles. The van der Waals surface area contributed by atoms with Gasteiger partial charge in [0, 0.05) is 37.6 Å². The first-order valence-electron chi connectivity index (χ1n) is 12.4. The molecule has 0 saturated carbocycles. The van der Waals surface area contributed by atoms with Gasteiger partial charge in [-0.25, -0.2) is 13.5 Å². The predicted octanol–water partition coefficient (Wildman–Crippen LogP) is 5.69. The Morgan fingerprint density at radius 1 is 0.950 bits per heavy atom. The normalized spacial score (nSPS) is 11.6. The standard InChI is InChI=1S/C30H28Cl4FN2O2.BrH/c1-2-4-21-15-25(35)8-10-29(21)38-14-3-11-36-12-13-37(20-36)18-30(26-9-7-24(32)17-28(26)34)39-19-22-5-6-23(31)16-27(22)33;/h2,5-10,12-13,15-17,20,30H,1,3-4,11,14,18-19H2;1H/q+1;/p-1. The summed E-state index contributed by atoms with van der Waals surface area (Å²) in [6.45, 7) is 5.79. The lowest BCUT2D eigenvalue weighted by molar-refractivity contribution is -0.704. The van der Waals surface area contributed by atoms with Crippen LogP contribution in [0.25, 0.3) is 0 Å². The van der Waals surface area contributed by atoms with Gasteiger partial charge in [0.05, 0.1) is 19.8 Å². The van der Waals surface area contributed by atoms with Crippen LogP contribution >= 0.6 is 46.4 Å². The van der Waals surface area contributed by atoms with Gasteiger partial charge in [0.2, 0.25) is 6.33 Å². The molecule has 4 nitrogen and oxygen atoms in total. The maximum absolute atomic E-state index is 13.6. The lowest BCUT2D eigenvalue weighted by Gasteiger charge is -2.19. The topological polar surface area (TPSA) is 27.3 Å². The number of halogens is 6. The second-order valence-electron chi connectivity index (χ2n) is 9.00. The number of aryl methyl sites for hydroxylation is 1. The zero-order valence-electron chi connectivity index (χ0n) is 21.5. The van der Waals surface area contributed by atoms with Crippen molar-refractivity contribution in [3.8, 4) is 5.75 Å². The Morgan fingerprint density at radius 2 is 1.70 bits per heavy atom. The zero-order valence-corrected chi connectivity index (χ0v) is 26.1. The molecule has 212 valence electrons. The maximum atomic E-state index is 13.6. The quantitative estimate of drug-likeness (QED) is 0.103. The summed E-state index contributed by atoms with van der Waals surface area (Å²) in [5.41, 5.74) is 2.45. The van der Waals surface area contributed by atoms with Crippen molar-refractivity contribution in [1.29, 1.82) is 0 Å². The van der Waals surface area contributed by atoms with E-state index in [4.69, 9.17) is 55.9 Å². The molecule has 40 heavy (non-hydrogen) atoms. The lowest BCUT2D eigenvalue weighted by Crippen LogP contribution is -3.00. The van der Waals surface area contributed by atoms with Crippen LogP contribution in [0.5, 0.6) is 5.75 Å². The van der Waals surface area contributed by atoms with E-state index in [1.54, 1.807) is 36.4 Å². The number of allylic oxidation sites excluding steroid dienone is 1. The van der Waals surface area contributed by atoms with Gasteiger partial charge in [-0.15, -0.1) is 6.58 Å². The highest BCUT2D eigenvalue weighted by Gasteiger charge is 2.20. The van der Waals surface area contributed by atoms with Crippen LogP contribution in [-0.2, 0) is 30.9 Å². The van der Waals surface area contributed by atoms with Crippen molar-refractivity contribution in [2.24, 2.45) is 0 Å². The molecule has 1 unspecified atom stereocenters. The molecule has 4 aromatic rings. The Hall–Kier alpha value is -2.06. The van der Waals surface area contributed by atoms with Gasteiger partial charge in [-0.2, -0.15) is 0 Å². The third-order valence-electron chi connectivity index (χ3n) is 6.09. The molecule has 0 bridgehead atoms. The molecule has 0 radical (unpaired) electrons. The largest absolute Gasteiger partial charge is 1.00 e. The van der Waals surface area contributed by atoms with E-state index in [1.165, 1.54) is 12.1 Å². The molecule has 0 aliphatic carbocycles. The monoisotopic (exact) mass is 686 g/mol. The van der Waals surface area contributed by atoms with Gasteiger partial charge < -0.3 is 26.5 Å². The molecular formula is C30H28BrCl4FN2O2. The smallest absolute Gasteiger partial charge is 0.243 e. The molecule has 0 saturated heterocycles. The van der Waals surface area contributed by atoms with Crippen LogP contribution in [0.4, 0.5) is 4.39 Å². The highest BCUT2D eigenvalue weighted by Crippen LogP contribution is 2.31. The fourth-order valence-corrected chi connectivity index (χ4v) is 5.13. The highest BCUT2D eigenvalue weighted by molar-refractivity contribution is 6.35. The summed E-state index contributed by atoms with van der Waals surface area (Å²) in [5, 5.41) is 2.20. The van der Waals surface area contributed by atoms with E-state index in [0.717, 1.165) is 29.7 Å². The molecule has 0 spiro atoms. The number of rotatable bonds is 13. The molecular weight excluding hydrogens is 661 g/mol. The third kappa shape index (κ3) is 9.23. The van der Waals surface area contributed by atoms with Gasteiger partial charge in [0.1, 0.15) is 36.6 Å². The highest BCUT2D eigenvalue weighted by atomic mass is 79.9. The van der Waals surface area contributed by atoms with Crippen LogP contribution in [0.15, 0.2) is 86.0 Å². The van der Waals surface area contributed by atoms with Gasteiger partial charge in [0.25, 0.3) is 0 Å². The van der Waals surface area contributed by atoms with Crippen LogP contribution in [0.1, 0.15) is 29.2 Å². The maximum Gasteiger partial charge on any atom is 0.243 e. The minimum Gasteiger partial charge on any atom is -1.00 e. The summed E-state index contributed by atoms with van der Waals surface area (Å²) in [6.07, 6.45) is 8.70. The van der Waals surface area contributed by atoms with E-state index in [1.807, 2.05) is 35.4 Å². The molecule has 4 rings (SSSR count). The lowest BCUT2D eigenvalue weighted by atomic mass is 10.1. The van der Waals surface area contributed by atoms with E-state index in [9.17, 15) is 4.39 Å². The first-order chi connectivity index (χ1) is 18.8. The van der Waals surface area contributed by atoms with Crippen molar-refractivity contribution >= 4 is 46.4 Å². The van der Waals surface area contributed by atoms with E-state index >= 15 is 0 Å². The van der Waals surface area contributed by atoms with Gasteiger partial charge in [-0.05, 0) is 54.4 Å². The summed E-state index contributed by atoms with van der Waals surface area (Å²) in [6, 6.07) is 15.3. The van der Waals surface area contributed by atoms with Crippen molar-refractivity contribution in [3.05, 3.63) is 129 Å². The molecule has 0 N–H and O–H groups in total. The van der Waals surface area contributed by atoms with Gasteiger partial charge >= 0.3 is 0 Å². The van der Waals surface area contributed by atoms with E-state index < -0.39 is 0 Å². The average Bonchev–Trinajstić information content (AvgIpc) is 3.34. The number of benzene rings is 3. The van der Waals surface area contributed by atoms with Crippen LogP contribution in [0, 0.1) is 5.82 Å². The molecule has 0 fully saturated rings. The van der Waals surface area contributed by atoms with Crippen LogP contribution in [0.3, 0.4) is 0 Å². The molecule has 0 aliphatic heterocycles. The summed E-state index contributed by atoms with van der Waals surface area (Å²) < 4.78 is 29.9.